The van der Waals surface area contributed by atoms with Gasteiger partial charge in [0.05, 0.1) is 5.41 Å². The largest absolute Gasteiger partial charge is 0.483 e. The van der Waals surface area contributed by atoms with Crippen molar-refractivity contribution in [2.75, 3.05) is 32.8 Å². The molecule has 7 nitrogen and oxygen atoms in total. The number of hydrogen-bond acceptors (Lipinski definition) is 5. The third-order valence-electron chi connectivity index (χ3n) is 6.50. The van der Waals surface area contributed by atoms with Gasteiger partial charge in [-0.25, -0.2) is 0 Å². The SMILES string of the molecule is O=C1COc2ccccc2C/C=C/CC2(CCN(Cc3cccnc3)CC2)C(=O)NCCN1. The zero-order chi connectivity index (χ0) is 22.9. The second-order valence-corrected chi connectivity index (χ2v) is 8.80. The lowest BCUT2D eigenvalue weighted by Gasteiger charge is -2.40. The molecule has 1 aromatic heterocycles. The topological polar surface area (TPSA) is 83.6 Å². The van der Waals surface area contributed by atoms with Crippen molar-refractivity contribution in [3.8, 4) is 5.75 Å². The summed E-state index contributed by atoms with van der Waals surface area (Å²) in [7, 11) is 0. The van der Waals surface area contributed by atoms with Crippen LogP contribution >= 0.6 is 0 Å². The van der Waals surface area contributed by atoms with Gasteiger partial charge in [0.15, 0.2) is 6.61 Å². The Morgan fingerprint density at radius 2 is 1.82 bits per heavy atom. The molecule has 2 amide bonds. The minimum Gasteiger partial charge on any atom is -0.483 e. The number of benzene rings is 1. The van der Waals surface area contributed by atoms with E-state index >= 15 is 0 Å². The van der Waals surface area contributed by atoms with Crippen molar-refractivity contribution >= 4 is 11.8 Å². The normalized spacial score (nSPS) is 21.0. The second kappa shape index (κ2) is 11.1. The Morgan fingerprint density at radius 3 is 2.64 bits per heavy atom. The number of allylic oxidation sites excluding steroid dienone is 2. The lowest BCUT2D eigenvalue weighted by atomic mass is 9.74. The fraction of sp³-hybridized carbons (Fsp3) is 0.423. The highest BCUT2D eigenvalue weighted by atomic mass is 16.5. The van der Waals surface area contributed by atoms with Crippen LogP contribution in [-0.2, 0) is 22.6 Å². The van der Waals surface area contributed by atoms with E-state index in [9.17, 15) is 9.59 Å². The van der Waals surface area contributed by atoms with E-state index in [1.165, 1.54) is 5.56 Å². The maximum Gasteiger partial charge on any atom is 0.258 e. The summed E-state index contributed by atoms with van der Waals surface area (Å²) in [5, 5.41) is 5.88. The van der Waals surface area contributed by atoms with Gasteiger partial charge in [0.25, 0.3) is 5.91 Å². The smallest absolute Gasteiger partial charge is 0.258 e. The average molecular weight is 449 g/mol. The van der Waals surface area contributed by atoms with Crippen molar-refractivity contribution in [3.05, 3.63) is 72.1 Å². The molecule has 2 N–H and O–H groups in total. The van der Waals surface area contributed by atoms with Crippen LogP contribution < -0.4 is 15.4 Å². The third kappa shape index (κ3) is 6.20. The van der Waals surface area contributed by atoms with Gasteiger partial charge in [0.1, 0.15) is 5.75 Å². The predicted molar refractivity (Wildman–Crippen MR) is 127 cm³/mol. The number of carbonyl (C=O) groups excluding carboxylic acids is 2. The summed E-state index contributed by atoms with van der Waals surface area (Å²) in [6.07, 6.45) is 10.9. The number of piperidine rings is 1. The summed E-state index contributed by atoms with van der Waals surface area (Å²) in [6.45, 7) is 3.34. The molecule has 1 fully saturated rings. The van der Waals surface area contributed by atoms with Crippen molar-refractivity contribution in [2.45, 2.75) is 32.2 Å². The highest BCUT2D eigenvalue weighted by molar-refractivity contribution is 5.83. The number of nitrogens with zero attached hydrogens (tertiary/aromatic N) is 2. The Morgan fingerprint density at radius 1 is 1.00 bits per heavy atom. The minimum absolute atomic E-state index is 0.0363. The van der Waals surface area contributed by atoms with Crippen molar-refractivity contribution in [2.24, 2.45) is 5.41 Å². The first kappa shape index (κ1) is 23.0. The van der Waals surface area contributed by atoms with Crippen LogP contribution in [0.25, 0.3) is 0 Å². The number of hydrogen-bond donors (Lipinski definition) is 2. The highest BCUT2D eigenvalue weighted by Crippen LogP contribution is 2.36. The Balaban J connectivity index is 1.45. The van der Waals surface area contributed by atoms with Crippen LogP contribution in [-0.4, -0.2) is 54.5 Å². The van der Waals surface area contributed by atoms with E-state index in [4.69, 9.17) is 4.74 Å². The maximum atomic E-state index is 13.3. The number of rotatable bonds is 2. The van der Waals surface area contributed by atoms with Crippen molar-refractivity contribution < 1.29 is 14.3 Å². The van der Waals surface area contributed by atoms with Crippen LogP contribution in [0.3, 0.4) is 0 Å². The van der Waals surface area contributed by atoms with Crippen LogP contribution in [0.15, 0.2) is 60.9 Å². The van der Waals surface area contributed by atoms with Crippen LogP contribution in [0.1, 0.15) is 30.4 Å². The van der Waals surface area contributed by atoms with Gasteiger partial charge in [-0.2, -0.15) is 0 Å². The number of fused-ring (bicyclic) bond motifs is 1. The number of para-hydroxylation sites is 1. The summed E-state index contributed by atoms with van der Waals surface area (Å²) in [4.78, 5) is 32.0. The highest BCUT2D eigenvalue weighted by Gasteiger charge is 2.40. The molecule has 33 heavy (non-hydrogen) atoms. The molecule has 0 aliphatic carbocycles. The standard InChI is InChI=1S/C26H32N4O3/c31-24-20-33-23-9-2-1-7-22(23)8-3-4-10-26(25(32)29-15-14-28-24)11-16-30(17-12-26)19-21-6-5-13-27-18-21/h1-7,9,13,18H,8,10-12,14-17,19-20H2,(H,28,31)(H,29,32)/b4-3+. The van der Waals surface area contributed by atoms with E-state index < -0.39 is 5.41 Å². The molecule has 2 aliphatic rings. The zero-order valence-corrected chi connectivity index (χ0v) is 19.0. The molecule has 4 rings (SSSR count). The second-order valence-electron chi connectivity index (χ2n) is 8.80. The first-order chi connectivity index (χ1) is 16.1. The number of aromatic nitrogens is 1. The van der Waals surface area contributed by atoms with Gasteiger partial charge < -0.3 is 15.4 Å². The molecule has 1 aromatic carbocycles. The number of nitrogens with one attached hydrogen (secondary N) is 2. The number of carbonyl (C=O) groups is 2. The van der Waals surface area contributed by atoms with E-state index in [2.05, 4.69) is 38.7 Å². The predicted octanol–water partition coefficient (Wildman–Crippen LogP) is 2.48. The fourth-order valence-corrected chi connectivity index (χ4v) is 4.51. The molecule has 0 bridgehead atoms. The molecule has 2 aromatic rings. The lowest BCUT2D eigenvalue weighted by Crippen LogP contribution is -2.49. The lowest BCUT2D eigenvalue weighted by molar-refractivity contribution is -0.134. The first-order valence-electron chi connectivity index (χ1n) is 11.7. The van der Waals surface area contributed by atoms with Gasteiger partial charge in [-0.1, -0.05) is 36.4 Å². The molecule has 0 saturated carbocycles. The van der Waals surface area contributed by atoms with Crippen LogP contribution in [0, 0.1) is 5.41 Å². The van der Waals surface area contributed by atoms with Gasteiger partial charge in [-0.15, -0.1) is 0 Å². The summed E-state index contributed by atoms with van der Waals surface area (Å²) < 4.78 is 5.72. The van der Waals surface area contributed by atoms with Crippen LogP contribution in [0.2, 0.25) is 0 Å². The van der Waals surface area contributed by atoms with E-state index in [1.54, 1.807) is 6.20 Å². The molecular weight excluding hydrogens is 416 g/mol. The number of ether oxygens (including phenoxy) is 1. The third-order valence-corrected chi connectivity index (χ3v) is 6.50. The van der Waals surface area contributed by atoms with Gasteiger partial charge in [0, 0.05) is 32.0 Å². The van der Waals surface area contributed by atoms with Crippen molar-refractivity contribution in [1.29, 1.82) is 0 Å². The zero-order valence-electron chi connectivity index (χ0n) is 19.0. The Labute approximate surface area is 195 Å². The number of likely N-dealkylation sites (tertiary alicyclic amines) is 1. The van der Waals surface area contributed by atoms with Crippen LogP contribution in [0.4, 0.5) is 0 Å². The van der Waals surface area contributed by atoms with Gasteiger partial charge in [0.2, 0.25) is 5.91 Å². The quantitative estimate of drug-likeness (QED) is 0.690. The van der Waals surface area contributed by atoms with E-state index in [1.807, 2.05) is 36.5 Å². The van der Waals surface area contributed by atoms with Crippen LogP contribution in [0.5, 0.6) is 5.75 Å². The molecular formula is C26H32N4O3. The van der Waals surface area contributed by atoms with E-state index in [0.717, 1.165) is 43.8 Å². The monoisotopic (exact) mass is 448 g/mol. The molecule has 2 aliphatic heterocycles. The minimum atomic E-state index is -0.428. The summed E-state index contributed by atoms with van der Waals surface area (Å²) >= 11 is 0. The Hall–Kier alpha value is -3.19. The van der Waals surface area contributed by atoms with Crippen molar-refractivity contribution in [1.82, 2.24) is 20.5 Å². The molecule has 0 atom stereocenters. The first-order valence-corrected chi connectivity index (χ1v) is 11.7. The summed E-state index contributed by atoms with van der Waals surface area (Å²) in [5.74, 6) is 0.608. The van der Waals surface area contributed by atoms with E-state index in [-0.39, 0.29) is 18.4 Å². The number of pyridine rings is 1. The summed E-state index contributed by atoms with van der Waals surface area (Å²) in [5.41, 5.74) is 1.79. The number of amides is 2. The van der Waals surface area contributed by atoms with E-state index in [0.29, 0.717) is 25.9 Å². The summed E-state index contributed by atoms with van der Waals surface area (Å²) in [6, 6.07) is 11.8. The molecule has 0 radical (unpaired) electrons. The Kier molecular flexibility index (Phi) is 7.73. The van der Waals surface area contributed by atoms with Gasteiger partial charge >= 0.3 is 0 Å². The Bertz CT molecular complexity index is 969. The fourth-order valence-electron chi connectivity index (χ4n) is 4.51. The van der Waals surface area contributed by atoms with Gasteiger partial charge in [-0.05, 0) is 62.0 Å². The molecule has 0 unspecified atom stereocenters. The average Bonchev–Trinajstić information content (AvgIpc) is 2.85. The van der Waals surface area contributed by atoms with Gasteiger partial charge in [-0.3, -0.25) is 19.5 Å². The molecule has 174 valence electrons. The van der Waals surface area contributed by atoms with Crippen molar-refractivity contribution in [3.63, 3.8) is 0 Å². The maximum absolute atomic E-state index is 13.3. The molecule has 1 spiro atoms. The molecule has 3 heterocycles. The molecule has 7 heteroatoms. The molecule has 1 saturated heterocycles.